The summed E-state index contributed by atoms with van der Waals surface area (Å²) in [5, 5.41) is 7.65. The quantitative estimate of drug-likeness (QED) is 0.788. The topological polar surface area (TPSA) is 30.5 Å². The summed E-state index contributed by atoms with van der Waals surface area (Å²) in [5.41, 5.74) is 2.38. The Morgan fingerprint density at radius 3 is 2.86 bits per heavy atom. The van der Waals surface area contributed by atoms with Crippen LogP contribution in [0.2, 0.25) is 0 Å². The summed E-state index contributed by atoms with van der Waals surface area (Å²) in [6.45, 7) is 1.42. The Bertz CT molecular complexity index is 597. The molecule has 5 heteroatoms. The monoisotopic (exact) mass is 367 g/mol. The molecule has 0 spiro atoms. The summed E-state index contributed by atoms with van der Waals surface area (Å²) in [4.78, 5) is 0. The number of benzene rings is 1. The Kier molecular flexibility index (Phi) is 4.83. The van der Waals surface area contributed by atoms with Crippen LogP contribution in [0.1, 0.15) is 24.0 Å². The van der Waals surface area contributed by atoms with Crippen molar-refractivity contribution in [1.82, 2.24) is 5.32 Å². The molecule has 0 aliphatic heterocycles. The number of thiophene rings is 1. The van der Waals surface area contributed by atoms with E-state index in [2.05, 4.69) is 44.1 Å². The zero-order chi connectivity index (χ0) is 14.7. The minimum atomic E-state index is 0.554. The molecule has 1 N–H and O–H groups in total. The van der Waals surface area contributed by atoms with Crippen molar-refractivity contribution in [3.8, 4) is 11.5 Å². The fraction of sp³-hybridized carbons (Fsp3) is 0.375. The Balaban J connectivity index is 1.71. The molecule has 1 aromatic heterocycles. The first-order valence-corrected chi connectivity index (χ1v) is 8.73. The molecule has 0 unspecified atom stereocenters. The van der Waals surface area contributed by atoms with Gasteiger partial charge in [0, 0.05) is 12.6 Å². The summed E-state index contributed by atoms with van der Waals surface area (Å²) in [6, 6.07) is 6.91. The number of ether oxygens (including phenoxy) is 2. The van der Waals surface area contributed by atoms with Crippen molar-refractivity contribution in [3.63, 3.8) is 0 Å². The van der Waals surface area contributed by atoms with Gasteiger partial charge in [0.15, 0.2) is 11.5 Å². The molecule has 0 saturated heterocycles. The van der Waals surface area contributed by atoms with Crippen molar-refractivity contribution >= 4 is 27.3 Å². The average molecular weight is 368 g/mol. The van der Waals surface area contributed by atoms with E-state index in [9.17, 15) is 0 Å². The van der Waals surface area contributed by atoms with E-state index in [0.717, 1.165) is 22.5 Å². The Labute approximate surface area is 137 Å². The summed E-state index contributed by atoms with van der Waals surface area (Å²) in [7, 11) is 1.68. The maximum absolute atomic E-state index is 5.91. The summed E-state index contributed by atoms with van der Waals surface area (Å²) in [5.74, 6) is 1.53. The number of rotatable bonds is 7. The molecule has 1 saturated carbocycles. The predicted molar refractivity (Wildman–Crippen MR) is 89.2 cm³/mol. The van der Waals surface area contributed by atoms with Crippen LogP contribution in [-0.2, 0) is 13.2 Å². The lowest BCUT2D eigenvalue weighted by Crippen LogP contribution is -2.15. The van der Waals surface area contributed by atoms with E-state index in [4.69, 9.17) is 9.47 Å². The van der Waals surface area contributed by atoms with Gasteiger partial charge in [-0.3, -0.25) is 0 Å². The summed E-state index contributed by atoms with van der Waals surface area (Å²) in [6.07, 6.45) is 2.58. The van der Waals surface area contributed by atoms with Crippen LogP contribution < -0.4 is 14.8 Å². The van der Waals surface area contributed by atoms with E-state index in [1.807, 2.05) is 6.07 Å². The van der Waals surface area contributed by atoms with Gasteiger partial charge in [0.1, 0.15) is 6.61 Å². The molecule has 0 bridgehead atoms. The largest absolute Gasteiger partial charge is 0.493 e. The van der Waals surface area contributed by atoms with Gasteiger partial charge in [-0.15, -0.1) is 0 Å². The predicted octanol–water partition coefficient (Wildman–Crippen LogP) is 4.35. The van der Waals surface area contributed by atoms with Crippen LogP contribution in [0.5, 0.6) is 11.5 Å². The molecule has 1 fully saturated rings. The van der Waals surface area contributed by atoms with Gasteiger partial charge in [-0.1, -0.05) is 0 Å². The molecule has 3 rings (SSSR count). The average Bonchev–Trinajstić information content (AvgIpc) is 3.17. The molecular weight excluding hydrogens is 350 g/mol. The minimum Gasteiger partial charge on any atom is -0.493 e. The van der Waals surface area contributed by atoms with Crippen LogP contribution >= 0.6 is 27.3 Å². The van der Waals surface area contributed by atoms with Crippen molar-refractivity contribution in [2.75, 3.05) is 7.11 Å². The van der Waals surface area contributed by atoms with Gasteiger partial charge in [-0.2, -0.15) is 11.3 Å². The lowest BCUT2D eigenvalue weighted by molar-refractivity contribution is 0.282. The molecule has 3 nitrogen and oxygen atoms in total. The Morgan fingerprint density at radius 2 is 2.19 bits per heavy atom. The lowest BCUT2D eigenvalue weighted by Gasteiger charge is -2.14. The SMILES string of the molecule is COc1cc(CNC2CC2)cc(Br)c1OCc1ccsc1. The van der Waals surface area contributed by atoms with Crippen LogP contribution in [0.3, 0.4) is 0 Å². The molecule has 1 aliphatic rings. The van der Waals surface area contributed by atoms with E-state index >= 15 is 0 Å². The third-order valence-electron chi connectivity index (χ3n) is 3.42. The zero-order valence-corrected chi connectivity index (χ0v) is 14.3. The minimum absolute atomic E-state index is 0.554. The fourth-order valence-corrected chi connectivity index (χ4v) is 3.35. The molecule has 2 aromatic rings. The van der Waals surface area contributed by atoms with Crippen LogP contribution in [0.25, 0.3) is 0 Å². The van der Waals surface area contributed by atoms with Crippen molar-refractivity contribution < 1.29 is 9.47 Å². The zero-order valence-electron chi connectivity index (χ0n) is 11.9. The highest BCUT2D eigenvalue weighted by atomic mass is 79.9. The molecular formula is C16H18BrNO2S. The standard InChI is InChI=1S/C16H18BrNO2S/c1-19-15-7-12(8-18-13-2-3-13)6-14(17)16(15)20-9-11-4-5-21-10-11/h4-7,10,13,18H,2-3,8-9H2,1H3. The van der Waals surface area contributed by atoms with Crippen LogP contribution in [0, 0.1) is 0 Å². The van der Waals surface area contributed by atoms with Gasteiger partial charge in [0.2, 0.25) is 0 Å². The number of hydrogen-bond acceptors (Lipinski definition) is 4. The smallest absolute Gasteiger partial charge is 0.175 e. The van der Waals surface area contributed by atoms with E-state index < -0.39 is 0 Å². The van der Waals surface area contributed by atoms with Gasteiger partial charge < -0.3 is 14.8 Å². The number of methoxy groups -OCH3 is 1. The van der Waals surface area contributed by atoms with Gasteiger partial charge >= 0.3 is 0 Å². The second kappa shape index (κ2) is 6.81. The molecule has 0 amide bonds. The number of nitrogens with one attached hydrogen (secondary N) is 1. The second-order valence-electron chi connectivity index (χ2n) is 5.18. The molecule has 1 aliphatic carbocycles. The molecule has 0 radical (unpaired) electrons. The van der Waals surface area contributed by atoms with Crippen molar-refractivity contribution in [3.05, 3.63) is 44.6 Å². The number of halogens is 1. The second-order valence-corrected chi connectivity index (χ2v) is 6.82. The Hall–Kier alpha value is -1.04. The maximum Gasteiger partial charge on any atom is 0.175 e. The number of hydrogen-bond donors (Lipinski definition) is 1. The van der Waals surface area contributed by atoms with E-state index in [0.29, 0.717) is 12.6 Å². The van der Waals surface area contributed by atoms with Crippen LogP contribution in [-0.4, -0.2) is 13.2 Å². The van der Waals surface area contributed by atoms with Crippen LogP contribution in [0.4, 0.5) is 0 Å². The highest BCUT2D eigenvalue weighted by Gasteiger charge is 2.20. The highest BCUT2D eigenvalue weighted by Crippen LogP contribution is 2.37. The lowest BCUT2D eigenvalue weighted by atomic mass is 10.2. The fourth-order valence-electron chi connectivity index (χ4n) is 2.10. The van der Waals surface area contributed by atoms with Gasteiger partial charge in [-0.25, -0.2) is 0 Å². The normalized spacial score (nSPS) is 14.2. The highest BCUT2D eigenvalue weighted by molar-refractivity contribution is 9.10. The maximum atomic E-state index is 5.91. The van der Waals surface area contributed by atoms with Gasteiger partial charge in [0.05, 0.1) is 11.6 Å². The first-order valence-electron chi connectivity index (χ1n) is 7.00. The third-order valence-corrected chi connectivity index (χ3v) is 4.75. The molecule has 1 aromatic carbocycles. The van der Waals surface area contributed by atoms with Crippen LogP contribution in [0.15, 0.2) is 33.4 Å². The first-order chi connectivity index (χ1) is 10.3. The Morgan fingerprint density at radius 1 is 1.33 bits per heavy atom. The molecule has 112 valence electrons. The summed E-state index contributed by atoms with van der Waals surface area (Å²) >= 11 is 5.27. The van der Waals surface area contributed by atoms with E-state index in [1.165, 1.54) is 24.0 Å². The third kappa shape index (κ3) is 3.99. The van der Waals surface area contributed by atoms with Crippen molar-refractivity contribution in [2.24, 2.45) is 0 Å². The van der Waals surface area contributed by atoms with E-state index in [-0.39, 0.29) is 0 Å². The van der Waals surface area contributed by atoms with Crippen molar-refractivity contribution in [1.29, 1.82) is 0 Å². The molecule has 0 atom stereocenters. The van der Waals surface area contributed by atoms with E-state index in [1.54, 1.807) is 18.4 Å². The van der Waals surface area contributed by atoms with Crippen molar-refractivity contribution in [2.45, 2.75) is 32.0 Å². The van der Waals surface area contributed by atoms with Gasteiger partial charge in [0.25, 0.3) is 0 Å². The molecule has 1 heterocycles. The summed E-state index contributed by atoms with van der Waals surface area (Å²) < 4.78 is 12.3. The first kappa shape index (κ1) is 14.9. The van der Waals surface area contributed by atoms with Gasteiger partial charge in [-0.05, 0) is 68.9 Å². The molecule has 21 heavy (non-hydrogen) atoms.